The van der Waals surface area contributed by atoms with Gasteiger partial charge in [0.15, 0.2) is 0 Å². The molecule has 0 radical (unpaired) electrons. The molecule has 1 aliphatic rings. The zero-order valence-corrected chi connectivity index (χ0v) is 13.3. The van der Waals surface area contributed by atoms with E-state index in [1.54, 1.807) is 13.0 Å². The first-order chi connectivity index (χ1) is 9.09. The molecule has 1 aromatic rings. The average molecular weight is 316 g/mol. The number of carbonyl (C=O) groups is 1. The summed E-state index contributed by atoms with van der Waals surface area (Å²) in [6, 6.07) is 4.42. The van der Waals surface area contributed by atoms with Crippen molar-refractivity contribution in [3.8, 4) is 0 Å². The van der Waals surface area contributed by atoms with E-state index >= 15 is 0 Å². The van der Waals surface area contributed by atoms with Gasteiger partial charge in [0.2, 0.25) is 0 Å². The maximum atomic E-state index is 12.3. The van der Waals surface area contributed by atoms with Crippen LogP contribution in [0.25, 0.3) is 0 Å². The van der Waals surface area contributed by atoms with Crippen LogP contribution in [0.1, 0.15) is 42.6 Å². The molecular formula is C14H18ClNO3S. The number of halogens is 1. The van der Waals surface area contributed by atoms with E-state index in [0.717, 1.165) is 12.8 Å². The van der Waals surface area contributed by atoms with Gasteiger partial charge in [0.1, 0.15) is 0 Å². The zero-order chi connectivity index (χ0) is 15.1. The van der Waals surface area contributed by atoms with Crippen molar-refractivity contribution in [3.05, 3.63) is 29.3 Å². The zero-order valence-electron chi connectivity index (χ0n) is 11.7. The van der Waals surface area contributed by atoms with Crippen LogP contribution < -0.4 is 5.32 Å². The standard InChI is InChI=1S/C14H18ClNO3S/c1-9-6-10(8-12(7-9)20(15,18)19)13(17)16-14(2,3)11-4-5-11/h6-8,11H,4-5H2,1-3H3,(H,16,17). The first-order valence-corrected chi connectivity index (χ1v) is 8.79. The van der Waals surface area contributed by atoms with Gasteiger partial charge in [-0.05, 0) is 63.3 Å². The first-order valence-electron chi connectivity index (χ1n) is 6.48. The van der Waals surface area contributed by atoms with Crippen molar-refractivity contribution in [3.63, 3.8) is 0 Å². The highest BCUT2D eigenvalue weighted by molar-refractivity contribution is 8.13. The normalized spacial score (nSPS) is 16.0. The summed E-state index contributed by atoms with van der Waals surface area (Å²) in [4.78, 5) is 12.2. The lowest BCUT2D eigenvalue weighted by Gasteiger charge is -2.26. The predicted octanol–water partition coefficient (Wildman–Crippen LogP) is 2.84. The molecule has 0 aromatic heterocycles. The second-order valence-electron chi connectivity index (χ2n) is 5.92. The maximum absolute atomic E-state index is 12.3. The summed E-state index contributed by atoms with van der Waals surface area (Å²) in [5.74, 6) is 0.222. The van der Waals surface area contributed by atoms with Gasteiger partial charge >= 0.3 is 0 Å². The van der Waals surface area contributed by atoms with Crippen LogP contribution in [0.4, 0.5) is 0 Å². The number of benzene rings is 1. The van der Waals surface area contributed by atoms with E-state index in [2.05, 4.69) is 5.32 Å². The van der Waals surface area contributed by atoms with Gasteiger partial charge in [-0.3, -0.25) is 4.79 Å². The van der Waals surface area contributed by atoms with E-state index in [4.69, 9.17) is 10.7 Å². The number of aryl methyl sites for hydroxylation is 1. The average Bonchev–Trinajstić information content (AvgIpc) is 3.10. The molecule has 2 rings (SSSR count). The van der Waals surface area contributed by atoms with Gasteiger partial charge in [-0.15, -0.1) is 0 Å². The lowest BCUT2D eigenvalue weighted by Crippen LogP contribution is -2.45. The molecule has 1 N–H and O–H groups in total. The topological polar surface area (TPSA) is 63.2 Å². The molecule has 1 aromatic carbocycles. The Morgan fingerprint density at radius 1 is 1.30 bits per heavy atom. The molecule has 1 amide bonds. The monoisotopic (exact) mass is 315 g/mol. The highest BCUT2D eigenvalue weighted by atomic mass is 35.7. The fourth-order valence-corrected chi connectivity index (χ4v) is 3.15. The largest absolute Gasteiger partial charge is 0.347 e. The molecule has 110 valence electrons. The van der Waals surface area contributed by atoms with Crippen molar-refractivity contribution in [2.24, 2.45) is 5.92 Å². The van der Waals surface area contributed by atoms with E-state index in [9.17, 15) is 13.2 Å². The van der Waals surface area contributed by atoms with Gasteiger partial charge in [-0.1, -0.05) is 0 Å². The van der Waals surface area contributed by atoms with Gasteiger partial charge in [0, 0.05) is 21.8 Å². The highest BCUT2D eigenvalue weighted by Crippen LogP contribution is 2.39. The van der Waals surface area contributed by atoms with E-state index in [0.29, 0.717) is 17.0 Å². The van der Waals surface area contributed by atoms with Crippen LogP contribution in [-0.2, 0) is 9.05 Å². The van der Waals surface area contributed by atoms with E-state index in [1.165, 1.54) is 12.1 Å². The predicted molar refractivity (Wildman–Crippen MR) is 78.5 cm³/mol. The van der Waals surface area contributed by atoms with E-state index in [1.807, 2.05) is 13.8 Å². The summed E-state index contributed by atoms with van der Waals surface area (Å²) in [6.07, 6.45) is 2.23. The molecule has 1 fully saturated rings. The summed E-state index contributed by atoms with van der Waals surface area (Å²) in [5.41, 5.74) is 0.722. The third kappa shape index (κ3) is 3.52. The molecule has 6 heteroatoms. The van der Waals surface area contributed by atoms with Gasteiger partial charge in [-0.25, -0.2) is 8.42 Å². The Bertz CT molecular complexity index is 648. The van der Waals surface area contributed by atoms with Crippen LogP contribution in [0.3, 0.4) is 0 Å². The van der Waals surface area contributed by atoms with Crippen LogP contribution in [0.2, 0.25) is 0 Å². The van der Waals surface area contributed by atoms with Gasteiger partial charge in [0.25, 0.3) is 15.0 Å². The third-order valence-corrected chi connectivity index (χ3v) is 4.96. The van der Waals surface area contributed by atoms with Gasteiger partial charge in [0.05, 0.1) is 4.90 Å². The molecule has 0 bridgehead atoms. The number of hydrogen-bond donors (Lipinski definition) is 1. The van der Waals surface area contributed by atoms with Crippen LogP contribution >= 0.6 is 10.7 Å². The van der Waals surface area contributed by atoms with Crippen LogP contribution in [0.15, 0.2) is 23.1 Å². The van der Waals surface area contributed by atoms with Gasteiger partial charge in [-0.2, -0.15) is 0 Å². The Kier molecular flexibility index (Phi) is 3.86. The third-order valence-electron chi connectivity index (χ3n) is 3.63. The molecule has 4 nitrogen and oxygen atoms in total. The fourth-order valence-electron chi connectivity index (χ4n) is 2.29. The summed E-state index contributed by atoms with van der Waals surface area (Å²) in [7, 11) is 1.50. The molecule has 1 aliphatic carbocycles. The summed E-state index contributed by atoms with van der Waals surface area (Å²) in [5, 5.41) is 2.96. The minimum Gasteiger partial charge on any atom is -0.347 e. The molecule has 0 atom stereocenters. The first kappa shape index (κ1) is 15.3. The molecule has 1 saturated carbocycles. The van der Waals surface area contributed by atoms with Crippen molar-refractivity contribution in [2.45, 2.75) is 44.0 Å². The maximum Gasteiger partial charge on any atom is 0.261 e. The van der Waals surface area contributed by atoms with Gasteiger partial charge < -0.3 is 5.32 Å². The number of carbonyl (C=O) groups excluding carboxylic acids is 1. The summed E-state index contributed by atoms with van der Waals surface area (Å²) >= 11 is 0. The summed E-state index contributed by atoms with van der Waals surface area (Å²) in [6.45, 7) is 5.70. The lowest BCUT2D eigenvalue weighted by atomic mass is 9.98. The second kappa shape index (κ2) is 5.04. The van der Waals surface area contributed by atoms with Crippen molar-refractivity contribution in [2.75, 3.05) is 0 Å². The number of amides is 1. The molecule has 0 aliphatic heterocycles. The quantitative estimate of drug-likeness (QED) is 0.869. The lowest BCUT2D eigenvalue weighted by molar-refractivity contribution is 0.0903. The Balaban J connectivity index is 2.28. The fraction of sp³-hybridized carbons (Fsp3) is 0.500. The van der Waals surface area contributed by atoms with Crippen molar-refractivity contribution in [1.29, 1.82) is 0 Å². The minimum absolute atomic E-state index is 0.0476. The molecular weight excluding hydrogens is 298 g/mol. The van der Waals surface area contributed by atoms with Crippen molar-refractivity contribution in [1.82, 2.24) is 5.32 Å². The van der Waals surface area contributed by atoms with Crippen LogP contribution in [-0.4, -0.2) is 19.9 Å². The SMILES string of the molecule is Cc1cc(C(=O)NC(C)(C)C2CC2)cc(S(=O)(=O)Cl)c1. The number of nitrogens with one attached hydrogen (secondary N) is 1. The van der Waals surface area contributed by atoms with Crippen molar-refractivity contribution < 1.29 is 13.2 Å². The summed E-state index contributed by atoms with van der Waals surface area (Å²) < 4.78 is 22.8. The smallest absolute Gasteiger partial charge is 0.261 e. The van der Waals surface area contributed by atoms with Crippen LogP contribution in [0.5, 0.6) is 0 Å². The Morgan fingerprint density at radius 3 is 2.40 bits per heavy atom. The van der Waals surface area contributed by atoms with Crippen LogP contribution in [0, 0.1) is 12.8 Å². The molecule has 0 saturated heterocycles. The number of rotatable bonds is 4. The minimum atomic E-state index is -3.84. The second-order valence-corrected chi connectivity index (χ2v) is 8.49. The van der Waals surface area contributed by atoms with Crippen molar-refractivity contribution >= 4 is 25.6 Å². The molecule has 0 spiro atoms. The Morgan fingerprint density at radius 2 is 1.90 bits per heavy atom. The highest BCUT2D eigenvalue weighted by Gasteiger charge is 2.38. The number of hydrogen-bond acceptors (Lipinski definition) is 3. The molecule has 20 heavy (non-hydrogen) atoms. The Labute approximate surface area is 123 Å². The molecule has 0 unspecified atom stereocenters. The van der Waals surface area contributed by atoms with E-state index in [-0.39, 0.29) is 16.3 Å². The Hall–Kier alpha value is -1.07. The molecule has 0 heterocycles. The van der Waals surface area contributed by atoms with E-state index < -0.39 is 9.05 Å².